The zero-order chi connectivity index (χ0) is 23.5. The van der Waals surface area contributed by atoms with E-state index in [0.717, 1.165) is 29.7 Å². The molecule has 4 heterocycles. The van der Waals surface area contributed by atoms with Crippen molar-refractivity contribution in [1.29, 1.82) is 0 Å². The van der Waals surface area contributed by atoms with Gasteiger partial charge >= 0.3 is 0 Å². The van der Waals surface area contributed by atoms with Crippen molar-refractivity contribution in [1.82, 2.24) is 19.6 Å². The van der Waals surface area contributed by atoms with Gasteiger partial charge in [0.2, 0.25) is 0 Å². The minimum atomic E-state index is -0.0448. The molecule has 34 heavy (non-hydrogen) atoms. The zero-order valence-corrected chi connectivity index (χ0v) is 19.8. The quantitative estimate of drug-likeness (QED) is 0.452. The molecule has 8 heteroatoms. The minimum Gasteiger partial charge on any atom is -0.487 e. The van der Waals surface area contributed by atoms with E-state index in [1.165, 1.54) is 11.3 Å². The maximum absolute atomic E-state index is 13.1. The molecular weight excluding hydrogens is 448 g/mol. The molecule has 1 fully saturated rings. The highest BCUT2D eigenvalue weighted by atomic mass is 32.1. The van der Waals surface area contributed by atoms with Crippen molar-refractivity contribution in [3.63, 3.8) is 0 Å². The van der Waals surface area contributed by atoms with Gasteiger partial charge in [-0.3, -0.25) is 9.59 Å². The van der Waals surface area contributed by atoms with Crippen LogP contribution in [-0.4, -0.2) is 45.2 Å². The Kier molecular flexibility index (Phi) is 6.31. The molecule has 7 nitrogen and oxygen atoms in total. The number of thiophene rings is 1. The van der Waals surface area contributed by atoms with Crippen molar-refractivity contribution >= 4 is 28.8 Å². The highest BCUT2D eigenvalue weighted by molar-refractivity contribution is 7.08. The van der Waals surface area contributed by atoms with E-state index in [0.29, 0.717) is 36.6 Å². The first-order valence-corrected chi connectivity index (χ1v) is 12.3. The first-order chi connectivity index (χ1) is 16.5. The first-order valence-electron chi connectivity index (χ1n) is 11.3. The second-order valence-electron chi connectivity index (χ2n) is 8.57. The molecule has 3 aromatic heterocycles. The van der Waals surface area contributed by atoms with Crippen molar-refractivity contribution in [2.24, 2.45) is 0 Å². The number of amides is 2. The minimum absolute atomic E-state index is 0.0173. The number of hydrogen-bond acceptors (Lipinski definition) is 5. The Hall–Kier alpha value is -3.65. The van der Waals surface area contributed by atoms with E-state index in [2.05, 4.69) is 10.3 Å². The molecule has 1 saturated heterocycles. The zero-order valence-electron chi connectivity index (χ0n) is 18.9. The van der Waals surface area contributed by atoms with Crippen molar-refractivity contribution in [2.45, 2.75) is 32.4 Å². The van der Waals surface area contributed by atoms with Crippen LogP contribution in [-0.2, 0) is 6.61 Å². The first kappa shape index (κ1) is 22.2. The van der Waals surface area contributed by atoms with Gasteiger partial charge in [0.25, 0.3) is 11.8 Å². The number of ether oxygens (including phenoxy) is 1. The molecular formula is C26H26N4O3S. The number of likely N-dealkylation sites (tertiary alicyclic amines) is 1. The SMILES string of the molecule is Cc1ccc2nc(COc3cccc(C(=O)N4CCC(NC(=O)c5ccsc5)CC4)c3)cn2c1. The number of carbonyl (C=O) groups excluding carboxylic acids is 2. The molecule has 1 aliphatic heterocycles. The molecule has 1 N–H and O–H groups in total. The molecule has 0 saturated carbocycles. The molecule has 174 valence electrons. The predicted molar refractivity (Wildman–Crippen MR) is 131 cm³/mol. The Balaban J connectivity index is 1.16. The fraction of sp³-hybridized carbons (Fsp3) is 0.269. The fourth-order valence-corrected chi connectivity index (χ4v) is 4.81. The summed E-state index contributed by atoms with van der Waals surface area (Å²) >= 11 is 1.51. The van der Waals surface area contributed by atoms with Gasteiger partial charge in [-0.15, -0.1) is 0 Å². The summed E-state index contributed by atoms with van der Waals surface area (Å²) in [6.07, 6.45) is 5.47. The number of pyridine rings is 1. The Bertz CT molecular complexity index is 1310. The number of aryl methyl sites for hydroxylation is 1. The monoisotopic (exact) mass is 474 g/mol. The van der Waals surface area contributed by atoms with Crippen LogP contribution in [0.2, 0.25) is 0 Å². The van der Waals surface area contributed by atoms with Gasteiger partial charge in [-0.2, -0.15) is 11.3 Å². The van der Waals surface area contributed by atoms with Crippen LogP contribution < -0.4 is 10.1 Å². The highest BCUT2D eigenvalue weighted by Crippen LogP contribution is 2.20. The van der Waals surface area contributed by atoms with Gasteiger partial charge in [0, 0.05) is 48.0 Å². The van der Waals surface area contributed by atoms with E-state index < -0.39 is 0 Å². The number of aromatic nitrogens is 2. The summed E-state index contributed by atoms with van der Waals surface area (Å²) in [5, 5.41) is 6.82. The molecule has 0 bridgehead atoms. The lowest BCUT2D eigenvalue weighted by Crippen LogP contribution is -2.46. The van der Waals surface area contributed by atoms with Crippen LogP contribution in [0.5, 0.6) is 5.75 Å². The maximum atomic E-state index is 13.1. The number of carbonyl (C=O) groups is 2. The smallest absolute Gasteiger partial charge is 0.253 e. The number of imidazole rings is 1. The van der Waals surface area contributed by atoms with Crippen LogP contribution in [0, 0.1) is 6.92 Å². The molecule has 5 rings (SSSR count). The van der Waals surface area contributed by atoms with Crippen molar-refractivity contribution in [2.75, 3.05) is 13.1 Å². The summed E-state index contributed by atoms with van der Waals surface area (Å²) in [4.78, 5) is 31.8. The lowest BCUT2D eigenvalue weighted by molar-refractivity contribution is 0.0697. The predicted octanol–water partition coefficient (Wildman–Crippen LogP) is 4.32. The molecule has 0 aliphatic carbocycles. The Morgan fingerprint density at radius 2 is 1.97 bits per heavy atom. The Morgan fingerprint density at radius 3 is 2.76 bits per heavy atom. The largest absolute Gasteiger partial charge is 0.487 e. The molecule has 0 unspecified atom stereocenters. The van der Waals surface area contributed by atoms with Gasteiger partial charge < -0.3 is 19.4 Å². The van der Waals surface area contributed by atoms with Gasteiger partial charge in [-0.05, 0) is 61.0 Å². The third-order valence-corrected chi connectivity index (χ3v) is 6.70. The lowest BCUT2D eigenvalue weighted by atomic mass is 10.0. The molecule has 1 aliphatic rings. The van der Waals surface area contributed by atoms with Crippen LogP contribution in [0.3, 0.4) is 0 Å². The average Bonchev–Trinajstić information content (AvgIpc) is 3.53. The number of rotatable bonds is 6. The van der Waals surface area contributed by atoms with E-state index in [4.69, 9.17) is 4.74 Å². The molecule has 0 atom stereocenters. The van der Waals surface area contributed by atoms with Gasteiger partial charge in [-0.25, -0.2) is 4.98 Å². The van der Waals surface area contributed by atoms with Gasteiger partial charge in [0.1, 0.15) is 18.0 Å². The molecule has 1 aromatic carbocycles. The average molecular weight is 475 g/mol. The van der Waals surface area contributed by atoms with Gasteiger partial charge in [0.05, 0.1) is 5.69 Å². The summed E-state index contributed by atoms with van der Waals surface area (Å²) in [5.74, 6) is 0.574. The van der Waals surface area contributed by atoms with Gasteiger partial charge in [0.15, 0.2) is 0 Å². The number of benzene rings is 1. The standard InChI is InChI=1S/C26H26N4O3S/c1-18-5-6-24-27-22(15-30(24)14-18)16-33-23-4-2-3-19(13-23)26(32)29-10-7-21(8-11-29)28-25(31)20-9-12-34-17-20/h2-6,9,12-15,17,21H,7-8,10-11,16H2,1H3,(H,28,31). The van der Waals surface area contributed by atoms with Crippen LogP contribution in [0.1, 0.15) is 44.8 Å². The topological polar surface area (TPSA) is 75.9 Å². The third-order valence-electron chi connectivity index (χ3n) is 6.02. The van der Waals surface area contributed by atoms with E-state index in [1.807, 2.05) is 75.8 Å². The number of piperidine rings is 1. The van der Waals surface area contributed by atoms with Crippen LogP contribution in [0.15, 0.2) is 65.6 Å². The summed E-state index contributed by atoms with van der Waals surface area (Å²) in [6, 6.07) is 13.2. The number of fused-ring (bicyclic) bond motifs is 1. The summed E-state index contributed by atoms with van der Waals surface area (Å²) in [7, 11) is 0. The Labute approximate surface area is 202 Å². The van der Waals surface area contributed by atoms with Crippen molar-refractivity contribution in [3.8, 4) is 5.75 Å². The second-order valence-corrected chi connectivity index (χ2v) is 9.35. The van der Waals surface area contributed by atoms with Crippen molar-refractivity contribution < 1.29 is 14.3 Å². The molecule has 2 amide bonds. The van der Waals surface area contributed by atoms with Crippen LogP contribution >= 0.6 is 11.3 Å². The normalized spacial score (nSPS) is 14.3. The number of nitrogens with one attached hydrogen (secondary N) is 1. The van der Waals surface area contributed by atoms with E-state index in [1.54, 1.807) is 6.07 Å². The molecule has 4 aromatic rings. The number of hydrogen-bond donors (Lipinski definition) is 1. The number of nitrogens with zero attached hydrogens (tertiary/aromatic N) is 3. The van der Waals surface area contributed by atoms with E-state index >= 15 is 0 Å². The third kappa shape index (κ3) is 4.97. The van der Waals surface area contributed by atoms with E-state index in [9.17, 15) is 9.59 Å². The van der Waals surface area contributed by atoms with Crippen LogP contribution in [0.4, 0.5) is 0 Å². The Morgan fingerprint density at radius 1 is 1.12 bits per heavy atom. The van der Waals surface area contributed by atoms with Crippen LogP contribution in [0.25, 0.3) is 5.65 Å². The summed E-state index contributed by atoms with van der Waals surface area (Å²) in [5.41, 5.74) is 4.16. The second kappa shape index (κ2) is 9.69. The van der Waals surface area contributed by atoms with Gasteiger partial charge in [-0.1, -0.05) is 12.1 Å². The fourth-order valence-electron chi connectivity index (χ4n) is 4.17. The summed E-state index contributed by atoms with van der Waals surface area (Å²) in [6.45, 7) is 3.59. The summed E-state index contributed by atoms with van der Waals surface area (Å²) < 4.78 is 7.92. The lowest BCUT2D eigenvalue weighted by Gasteiger charge is -2.32. The molecule has 0 spiro atoms. The highest BCUT2D eigenvalue weighted by Gasteiger charge is 2.25. The molecule has 0 radical (unpaired) electrons. The van der Waals surface area contributed by atoms with E-state index in [-0.39, 0.29) is 17.9 Å². The van der Waals surface area contributed by atoms with Crippen molar-refractivity contribution in [3.05, 3.63) is 88.0 Å². The maximum Gasteiger partial charge on any atom is 0.253 e.